The lowest BCUT2D eigenvalue weighted by Crippen LogP contribution is -2.48. The molecule has 1 atom stereocenters. The third-order valence-electron chi connectivity index (χ3n) is 5.15. The van der Waals surface area contributed by atoms with Gasteiger partial charge in [-0.25, -0.2) is 0 Å². The molecule has 0 N–H and O–H groups in total. The van der Waals surface area contributed by atoms with Gasteiger partial charge in [-0.2, -0.15) is 0 Å². The van der Waals surface area contributed by atoms with E-state index in [2.05, 4.69) is 18.4 Å². The summed E-state index contributed by atoms with van der Waals surface area (Å²) < 4.78 is 7.47. The summed E-state index contributed by atoms with van der Waals surface area (Å²) in [4.78, 5) is 30.6. The Hall–Kier alpha value is -2.80. The zero-order valence-corrected chi connectivity index (χ0v) is 17.5. The average molecular weight is 412 g/mol. The van der Waals surface area contributed by atoms with Gasteiger partial charge in [0.05, 0.1) is 17.4 Å². The number of nitrogens with zero attached hydrogens (tertiary/aromatic N) is 3. The van der Waals surface area contributed by atoms with Crippen LogP contribution in [0.4, 0.5) is 0 Å². The third-order valence-corrected chi connectivity index (χ3v) is 6.01. The summed E-state index contributed by atoms with van der Waals surface area (Å²) in [7, 11) is 0. The highest BCUT2D eigenvalue weighted by atomic mass is 32.1. The van der Waals surface area contributed by atoms with Crippen LogP contribution in [0.15, 0.2) is 58.9 Å². The number of aromatic nitrogens is 1. The number of carbonyl (C=O) groups excluding carboxylic acids is 2. The molecule has 3 aromatic rings. The molecule has 6 nitrogen and oxygen atoms in total. The molecular weight excluding hydrogens is 386 g/mol. The minimum atomic E-state index is -0.206. The van der Waals surface area contributed by atoms with Gasteiger partial charge in [-0.3, -0.25) is 9.59 Å². The summed E-state index contributed by atoms with van der Waals surface area (Å²) in [6, 6.07) is 9.41. The van der Waals surface area contributed by atoms with Crippen LogP contribution < -0.4 is 0 Å². The van der Waals surface area contributed by atoms with Gasteiger partial charge in [-0.15, -0.1) is 11.3 Å². The largest absolute Gasteiger partial charge is 0.472 e. The van der Waals surface area contributed by atoms with Crippen LogP contribution in [0.1, 0.15) is 40.8 Å². The van der Waals surface area contributed by atoms with Crippen molar-refractivity contribution in [1.29, 1.82) is 0 Å². The Morgan fingerprint density at radius 1 is 1.24 bits per heavy atom. The van der Waals surface area contributed by atoms with Crippen molar-refractivity contribution in [3.8, 4) is 0 Å². The molecule has 0 aliphatic carbocycles. The Labute approximate surface area is 174 Å². The van der Waals surface area contributed by atoms with E-state index >= 15 is 0 Å². The second-order valence-electron chi connectivity index (χ2n) is 7.73. The number of amides is 2. The van der Waals surface area contributed by atoms with Gasteiger partial charge in [0.2, 0.25) is 5.91 Å². The standard InChI is InChI=1S/C22H25N3O3S/c1-16(2)13-24(22(27)19-6-4-12-29-19)14-20(26)25-10-9-23-8-3-5-18(23)21(25)17-7-11-28-15-17/h3-8,11-12,15-16,21H,9-10,13-14H2,1-2H3/t21-/m0/s1. The van der Waals surface area contributed by atoms with Crippen molar-refractivity contribution in [2.24, 2.45) is 5.92 Å². The number of furan rings is 1. The van der Waals surface area contributed by atoms with E-state index in [1.165, 1.54) is 11.3 Å². The van der Waals surface area contributed by atoms with E-state index in [1.54, 1.807) is 17.4 Å². The smallest absolute Gasteiger partial charge is 0.264 e. The van der Waals surface area contributed by atoms with E-state index in [1.807, 2.05) is 46.8 Å². The van der Waals surface area contributed by atoms with Crippen molar-refractivity contribution < 1.29 is 14.0 Å². The van der Waals surface area contributed by atoms with Gasteiger partial charge in [-0.1, -0.05) is 19.9 Å². The van der Waals surface area contributed by atoms with Crippen molar-refractivity contribution in [3.05, 3.63) is 70.6 Å². The molecule has 0 radical (unpaired) electrons. The quantitative estimate of drug-likeness (QED) is 0.619. The van der Waals surface area contributed by atoms with E-state index in [4.69, 9.17) is 4.42 Å². The molecule has 29 heavy (non-hydrogen) atoms. The molecule has 0 fully saturated rings. The summed E-state index contributed by atoms with van der Waals surface area (Å²) in [6.07, 6.45) is 5.36. The Morgan fingerprint density at radius 2 is 2.10 bits per heavy atom. The second kappa shape index (κ2) is 8.29. The zero-order chi connectivity index (χ0) is 20.4. The van der Waals surface area contributed by atoms with Gasteiger partial charge in [0.15, 0.2) is 0 Å². The lowest BCUT2D eigenvalue weighted by molar-refractivity contribution is -0.134. The molecule has 4 heterocycles. The van der Waals surface area contributed by atoms with E-state index < -0.39 is 0 Å². The topological polar surface area (TPSA) is 58.7 Å². The summed E-state index contributed by atoms with van der Waals surface area (Å²) in [5.41, 5.74) is 2.00. The fourth-order valence-corrected chi connectivity index (χ4v) is 4.59. The molecule has 0 bridgehead atoms. The van der Waals surface area contributed by atoms with E-state index in [-0.39, 0.29) is 30.3 Å². The number of rotatable bonds is 6. The minimum Gasteiger partial charge on any atom is -0.472 e. The molecule has 7 heteroatoms. The predicted octanol–water partition coefficient (Wildman–Crippen LogP) is 3.87. The molecule has 0 saturated heterocycles. The number of hydrogen-bond donors (Lipinski definition) is 0. The van der Waals surface area contributed by atoms with Gasteiger partial charge in [0.1, 0.15) is 12.6 Å². The molecule has 0 spiro atoms. The van der Waals surface area contributed by atoms with Crippen LogP contribution in [0.5, 0.6) is 0 Å². The van der Waals surface area contributed by atoms with Gasteiger partial charge in [-0.05, 0) is 35.6 Å². The van der Waals surface area contributed by atoms with Crippen LogP contribution in [0.2, 0.25) is 0 Å². The minimum absolute atomic E-state index is 0.0470. The maximum atomic E-state index is 13.4. The van der Waals surface area contributed by atoms with Crippen LogP contribution in [-0.2, 0) is 11.3 Å². The normalized spacial score (nSPS) is 16.1. The lowest BCUT2D eigenvalue weighted by Gasteiger charge is -2.38. The molecule has 152 valence electrons. The summed E-state index contributed by atoms with van der Waals surface area (Å²) in [6.45, 7) is 6.07. The van der Waals surface area contributed by atoms with Crippen molar-refractivity contribution in [2.75, 3.05) is 19.6 Å². The SMILES string of the molecule is CC(C)CN(CC(=O)N1CCn2cccc2[C@@H]1c1ccoc1)C(=O)c1cccs1. The zero-order valence-electron chi connectivity index (χ0n) is 16.7. The number of carbonyl (C=O) groups is 2. The Kier molecular flexibility index (Phi) is 5.58. The maximum Gasteiger partial charge on any atom is 0.264 e. The fraction of sp³-hybridized carbons (Fsp3) is 0.364. The lowest BCUT2D eigenvalue weighted by atomic mass is 10.0. The summed E-state index contributed by atoms with van der Waals surface area (Å²) in [5.74, 6) is 0.145. The third kappa shape index (κ3) is 4.00. The highest BCUT2D eigenvalue weighted by Gasteiger charge is 2.34. The maximum absolute atomic E-state index is 13.4. The van der Waals surface area contributed by atoms with Crippen LogP contribution in [0, 0.1) is 5.92 Å². The predicted molar refractivity (Wildman–Crippen MR) is 112 cm³/mol. The number of hydrogen-bond acceptors (Lipinski definition) is 4. The summed E-state index contributed by atoms with van der Waals surface area (Å²) in [5, 5.41) is 1.89. The van der Waals surface area contributed by atoms with Gasteiger partial charge >= 0.3 is 0 Å². The van der Waals surface area contributed by atoms with Crippen molar-refractivity contribution in [2.45, 2.75) is 26.4 Å². The van der Waals surface area contributed by atoms with E-state index in [0.717, 1.165) is 17.8 Å². The fourth-order valence-electron chi connectivity index (χ4n) is 3.90. The Morgan fingerprint density at radius 3 is 2.79 bits per heavy atom. The number of thiophene rings is 1. The molecule has 0 unspecified atom stereocenters. The van der Waals surface area contributed by atoms with Gasteiger partial charge in [0, 0.05) is 37.1 Å². The first-order chi connectivity index (χ1) is 14.0. The molecular formula is C22H25N3O3S. The van der Waals surface area contributed by atoms with Crippen molar-refractivity contribution >= 4 is 23.2 Å². The molecule has 1 aliphatic heterocycles. The second-order valence-corrected chi connectivity index (χ2v) is 8.68. The number of fused-ring (bicyclic) bond motifs is 1. The molecule has 4 rings (SSSR count). The first-order valence-electron chi connectivity index (χ1n) is 9.84. The monoisotopic (exact) mass is 411 g/mol. The van der Waals surface area contributed by atoms with Crippen LogP contribution in [0.3, 0.4) is 0 Å². The first-order valence-corrected chi connectivity index (χ1v) is 10.7. The van der Waals surface area contributed by atoms with Crippen molar-refractivity contribution in [3.63, 3.8) is 0 Å². The summed E-state index contributed by atoms with van der Waals surface area (Å²) >= 11 is 1.41. The van der Waals surface area contributed by atoms with Crippen LogP contribution in [-0.4, -0.2) is 45.8 Å². The van der Waals surface area contributed by atoms with Gasteiger partial charge < -0.3 is 18.8 Å². The molecule has 2 amide bonds. The highest BCUT2D eigenvalue weighted by Crippen LogP contribution is 2.33. The molecule has 3 aromatic heterocycles. The molecule has 0 saturated carbocycles. The van der Waals surface area contributed by atoms with Gasteiger partial charge in [0.25, 0.3) is 5.91 Å². The molecule has 0 aromatic carbocycles. The first kappa shape index (κ1) is 19.5. The van der Waals surface area contributed by atoms with Crippen LogP contribution in [0.25, 0.3) is 0 Å². The molecule has 1 aliphatic rings. The van der Waals surface area contributed by atoms with E-state index in [9.17, 15) is 9.59 Å². The van der Waals surface area contributed by atoms with Crippen LogP contribution >= 0.6 is 11.3 Å². The highest BCUT2D eigenvalue weighted by molar-refractivity contribution is 7.12. The Balaban J connectivity index is 1.59. The average Bonchev–Trinajstić information content (AvgIpc) is 3.47. The Bertz CT molecular complexity index is 960. The van der Waals surface area contributed by atoms with Crippen molar-refractivity contribution in [1.82, 2.24) is 14.4 Å². The van der Waals surface area contributed by atoms with E-state index in [0.29, 0.717) is 18.0 Å².